The molecular weight excluding hydrogens is 401 g/mol. The number of hydrogen-bond acceptors (Lipinski definition) is 6. The largest absolute Gasteiger partial charge is 0.370 e. The molecule has 1 amide bonds. The van der Waals surface area contributed by atoms with Crippen LogP contribution in [0.2, 0.25) is 0 Å². The normalized spacial score (nSPS) is 14.4. The minimum Gasteiger partial charge on any atom is -0.370 e. The molecule has 1 aliphatic rings. The average molecular weight is 421 g/mol. The number of carbonyl (C=O) groups is 1. The molecule has 31 heavy (non-hydrogen) atoms. The van der Waals surface area contributed by atoms with Crippen molar-refractivity contribution >= 4 is 34.0 Å². The number of halogens is 1. The topological polar surface area (TPSA) is 90.1 Å². The Hall–Kier alpha value is -3.79. The fourth-order valence-electron chi connectivity index (χ4n) is 3.64. The van der Waals surface area contributed by atoms with Gasteiger partial charge in [-0.1, -0.05) is 0 Å². The molecule has 1 aromatic carbocycles. The number of benzene rings is 1. The van der Waals surface area contributed by atoms with Crippen LogP contribution in [0, 0.1) is 5.82 Å². The summed E-state index contributed by atoms with van der Waals surface area (Å²) >= 11 is 0. The first kappa shape index (κ1) is 19.2. The number of nitrogens with one attached hydrogen (secondary N) is 1. The van der Waals surface area contributed by atoms with Crippen molar-refractivity contribution in [3.8, 4) is 0 Å². The van der Waals surface area contributed by atoms with Gasteiger partial charge in [-0.2, -0.15) is 10.2 Å². The zero-order valence-corrected chi connectivity index (χ0v) is 16.8. The van der Waals surface area contributed by atoms with Crippen LogP contribution in [-0.2, 0) is 23.1 Å². The molecule has 1 N–H and O–H groups in total. The number of pyridine rings is 1. The Kier molecular flexibility index (Phi) is 4.83. The Balaban J connectivity index is 1.43. The van der Waals surface area contributed by atoms with Gasteiger partial charge in [0.1, 0.15) is 18.2 Å². The summed E-state index contributed by atoms with van der Waals surface area (Å²) in [7, 11) is 1.84. The van der Waals surface area contributed by atoms with Crippen molar-refractivity contribution in [2.24, 2.45) is 7.05 Å². The van der Waals surface area contributed by atoms with E-state index in [1.165, 1.54) is 12.1 Å². The summed E-state index contributed by atoms with van der Waals surface area (Å²) in [5, 5.41) is 12.7. The van der Waals surface area contributed by atoms with E-state index in [4.69, 9.17) is 4.74 Å². The third kappa shape index (κ3) is 3.97. The molecule has 0 atom stereocenters. The van der Waals surface area contributed by atoms with Crippen LogP contribution in [0.5, 0.6) is 0 Å². The van der Waals surface area contributed by atoms with E-state index in [0.717, 1.165) is 16.6 Å². The Bertz CT molecular complexity index is 1270. The molecule has 0 aliphatic carbocycles. The van der Waals surface area contributed by atoms with E-state index in [-0.39, 0.29) is 12.5 Å². The number of aromatic nitrogens is 5. The van der Waals surface area contributed by atoms with Crippen LogP contribution in [0.25, 0.3) is 10.9 Å². The smallest absolute Gasteiger partial charge is 0.253 e. The van der Waals surface area contributed by atoms with Crippen molar-refractivity contribution in [2.75, 3.05) is 30.0 Å². The second-order valence-corrected chi connectivity index (χ2v) is 7.37. The summed E-state index contributed by atoms with van der Waals surface area (Å²) in [6.45, 7) is 1.20. The summed E-state index contributed by atoms with van der Waals surface area (Å²) in [6, 6.07) is 6.53. The molecule has 4 aromatic rings. The summed E-state index contributed by atoms with van der Waals surface area (Å²) < 4.78 is 23.0. The molecular formula is C21H20FN7O2. The first-order valence-electron chi connectivity index (χ1n) is 9.80. The Morgan fingerprint density at radius 1 is 1.16 bits per heavy atom. The molecule has 0 spiro atoms. The molecule has 5 rings (SSSR count). The summed E-state index contributed by atoms with van der Waals surface area (Å²) in [5.41, 5.74) is 2.92. The van der Waals surface area contributed by atoms with Gasteiger partial charge in [0.25, 0.3) is 5.91 Å². The molecule has 1 aliphatic heterocycles. The standard InChI is InChI=1S/C21H20FN7O2/c1-27-12-17(10-24-27)26-20-7-19-15(8-23-20)9-25-29(19)11-14-4-16(22)6-18(5-14)28-2-3-31-13-21(28)30/h4-10,12H,2-3,11,13H2,1H3,(H,23,26). The Morgan fingerprint density at radius 2 is 2.06 bits per heavy atom. The zero-order valence-electron chi connectivity index (χ0n) is 16.8. The molecule has 0 radical (unpaired) electrons. The fraction of sp³-hybridized carbons (Fsp3) is 0.238. The van der Waals surface area contributed by atoms with Crippen molar-refractivity contribution in [1.82, 2.24) is 24.5 Å². The number of anilines is 3. The lowest BCUT2D eigenvalue weighted by molar-refractivity contribution is -0.125. The highest BCUT2D eigenvalue weighted by Gasteiger charge is 2.21. The maximum Gasteiger partial charge on any atom is 0.253 e. The number of fused-ring (bicyclic) bond motifs is 1. The van der Waals surface area contributed by atoms with E-state index in [1.807, 2.05) is 25.4 Å². The minimum absolute atomic E-state index is 0.00928. The van der Waals surface area contributed by atoms with Crippen LogP contribution in [0.4, 0.5) is 21.6 Å². The second kappa shape index (κ2) is 7.80. The van der Waals surface area contributed by atoms with Crippen LogP contribution in [0.15, 0.2) is 49.1 Å². The van der Waals surface area contributed by atoms with Gasteiger partial charge in [0.2, 0.25) is 0 Å². The number of hydrogen-bond donors (Lipinski definition) is 1. The summed E-state index contributed by atoms with van der Waals surface area (Å²) in [5.74, 6) is 0.0782. The lowest BCUT2D eigenvalue weighted by Gasteiger charge is -2.27. The highest BCUT2D eigenvalue weighted by atomic mass is 19.1. The van der Waals surface area contributed by atoms with Gasteiger partial charge in [0, 0.05) is 43.1 Å². The maximum atomic E-state index is 14.3. The fourth-order valence-corrected chi connectivity index (χ4v) is 3.64. The number of ether oxygens (including phenoxy) is 1. The van der Waals surface area contributed by atoms with Crippen LogP contribution >= 0.6 is 0 Å². The van der Waals surface area contributed by atoms with Crippen molar-refractivity contribution in [3.05, 3.63) is 60.4 Å². The average Bonchev–Trinajstić information content (AvgIpc) is 3.34. The number of aryl methyl sites for hydroxylation is 1. The molecule has 158 valence electrons. The lowest BCUT2D eigenvalue weighted by Crippen LogP contribution is -2.41. The van der Waals surface area contributed by atoms with Gasteiger partial charge in [0.15, 0.2) is 0 Å². The summed E-state index contributed by atoms with van der Waals surface area (Å²) in [4.78, 5) is 18.1. The SMILES string of the molecule is Cn1cc(Nc2cc3c(cn2)cnn3Cc2cc(F)cc(N3CCOCC3=O)c2)cn1. The minimum atomic E-state index is -0.399. The number of morpholine rings is 1. The van der Waals surface area contributed by atoms with E-state index in [0.29, 0.717) is 36.8 Å². The third-order valence-electron chi connectivity index (χ3n) is 5.08. The highest BCUT2D eigenvalue weighted by molar-refractivity contribution is 5.95. The predicted molar refractivity (Wildman–Crippen MR) is 113 cm³/mol. The van der Waals surface area contributed by atoms with Gasteiger partial charge in [-0.3, -0.25) is 14.2 Å². The Labute approximate surface area is 177 Å². The quantitative estimate of drug-likeness (QED) is 0.532. The first-order valence-corrected chi connectivity index (χ1v) is 9.80. The van der Waals surface area contributed by atoms with Crippen molar-refractivity contribution in [1.29, 1.82) is 0 Å². The molecule has 10 heteroatoms. The highest BCUT2D eigenvalue weighted by Crippen LogP contribution is 2.24. The molecule has 0 saturated carbocycles. The molecule has 1 saturated heterocycles. The van der Waals surface area contributed by atoms with Crippen molar-refractivity contribution < 1.29 is 13.9 Å². The predicted octanol–water partition coefficient (Wildman–Crippen LogP) is 2.46. The number of amides is 1. The van der Waals surface area contributed by atoms with Crippen LogP contribution in [0.3, 0.4) is 0 Å². The van der Waals surface area contributed by atoms with Gasteiger partial charge in [0.05, 0.1) is 36.7 Å². The van der Waals surface area contributed by atoms with Gasteiger partial charge >= 0.3 is 0 Å². The van der Waals surface area contributed by atoms with E-state index >= 15 is 0 Å². The van der Waals surface area contributed by atoms with E-state index in [1.54, 1.807) is 32.9 Å². The second-order valence-electron chi connectivity index (χ2n) is 7.37. The third-order valence-corrected chi connectivity index (χ3v) is 5.08. The van der Waals surface area contributed by atoms with E-state index < -0.39 is 5.82 Å². The molecule has 0 unspecified atom stereocenters. The maximum absolute atomic E-state index is 14.3. The van der Waals surface area contributed by atoms with Gasteiger partial charge < -0.3 is 15.0 Å². The van der Waals surface area contributed by atoms with Gasteiger partial charge in [-0.05, 0) is 23.8 Å². The molecule has 0 bridgehead atoms. The van der Waals surface area contributed by atoms with Crippen LogP contribution in [-0.4, -0.2) is 50.2 Å². The number of carbonyl (C=O) groups excluding carboxylic acids is 1. The first-order chi connectivity index (χ1) is 15.0. The monoisotopic (exact) mass is 421 g/mol. The van der Waals surface area contributed by atoms with Crippen LogP contribution in [0.1, 0.15) is 5.56 Å². The molecule has 1 fully saturated rings. The molecule has 3 aromatic heterocycles. The summed E-state index contributed by atoms with van der Waals surface area (Å²) in [6.07, 6.45) is 7.03. The van der Waals surface area contributed by atoms with Gasteiger partial charge in [-0.25, -0.2) is 9.37 Å². The van der Waals surface area contributed by atoms with Crippen molar-refractivity contribution in [2.45, 2.75) is 6.54 Å². The number of rotatable bonds is 5. The molecule has 4 heterocycles. The van der Waals surface area contributed by atoms with E-state index in [2.05, 4.69) is 20.5 Å². The zero-order chi connectivity index (χ0) is 21.4. The number of nitrogens with zero attached hydrogens (tertiary/aromatic N) is 6. The lowest BCUT2D eigenvalue weighted by atomic mass is 10.1. The van der Waals surface area contributed by atoms with Gasteiger partial charge in [-0.15, -0.1) is 0 Å². The van der Waals surface area contributed by atoms with E-state index in [9.17, 15) is 9.18 Å². The molecule has 9 nitrogen and oxygen atoms in total. The van der Waals surface area contributed by atoms with Crippen molar-refractivity contribution in [3.63, 3.8) is 0 Å². The van der Waals surface area contributed by atoms with Crippen LogP contribution < -0.4 is 10.2 Å². The Morgan fingerprint density at radius 3 is 2.87 bits per heavy atom.